The molecule has 0 saturated carbocycles. The molecule has 2 aromatic carbocycles. The lowest BCUT2D eigenvalue weighted by Gasteiger charge is -2.02. The molecule has 5 nitrogen and oxygen atoms in total. The molecule has 0 fully saturated rings. The van der Waals surface area contributed by atoms with Crippen LogP contribution in [-0.2, 0) is 11.2 Å². The highest BCUT2D eigenvalue weighted by molar-refractivity contribution is 7.22. The van der Waals surface area contributed by atoms with Crippen LogP contribution in [0.4, 0.5) is 9.52 Å². The maximum atomic E-state index is 13.1. The van der Waals surface area contributed by atoms with Crippen molar-refractivity contribution in [2.24, 2.45) is 0 Å². The molecular formula is C19H14FN3O2S. The Morgan fingerprint density at radius 2 is 1.96 bits per heavy atom. The van der Waals surface area contributed by atoms with Crippen molar-refractivity contribution in [3.63, 3.8) is 0 Å². The minimum atomic E-state index is -0.315. The number of rotatable bonds is 5. The van der Waals surface area contributed by atoms with Crippen molar-refractivity contribution in [2.75, 3.05) is 5.32 Å². The average molecular weight is 367 g/mol. The fraction of sp³-hybridized carbons (Fsp3) is 0.105. The molecule has 0 aliphatic carbocycles. The molecule has 0 radical (unpaired) electrons. The number of nitrogens with one attached hydrogen (secondary N) is 1. The zero-order chi connectivity index (χ0) is 17.9. The number of nitrogens with zero attached hydrogens (tertiary/aromatic N) is 2. The zero-order valence-electron chi connectivity index (χ0n) is 13.6. The average Bonchev–Trinajstić information content (AvgIpc) is 3.26. The van der Waals surface area contributed by atoms with Crippen LogP contribution >= 0.6 is 11.3 Å². The van der Waals surface area contributed by atoms with Crippen LogP contribution in [0.5, 0.6) is 0 Å². The van der Waals surface area contributed by atoms with Gasteiger partial charge >= 0.3 is 0 Å². The molecule has 26 heavy (non-hydrogen) atoms. The van der Waals surface area contributed by atoms with E-state index in [-0.39, 0.29) is 18.1 Å². The maximum absolute atomic E-state index is 13.1. The number of benzene rings is 2. The number of carbonyl (C=O) groups excluding carboxylic acids is 1. The van der Waals surface area contributed by atoms with E-state index in [9.17, 15) is 9.18 Å². The molecule has 130 valence electrons. The summed E-state index contributed by atoms with van der Waals surface area (Å²) in [5.41, 5.74) is 2.40. The molecule has 4 aromatic rings. The Kier molecular flexibility index (Phi) is 4.45. The van der Waals surface area contributed by atoms with Gasteiger partial charge in [0.25, 0.3) is 0 Å². The van der Waals surface area contributed by atoms with Gasteiger partial charge < -0.3 is 9.84 Å². The van der Waals surface area contributed by atoms with Gasteiger partial charge in [-0.1, -0.05) is 28.6 Å². The van der Waals surface area contributed by atoms with Crippen molar-refractivity contribution < 1.29 is 13.7 Å². The minimum Gasteiger partial charge on any atom is -0.356 e. The molecule has 0 bridgehead atoms. The highest BCUT2D eigenvalue weighted by Gasteiger charge is 2.13. The smallest absolute Gasteiger partial charge is 0.226 e. The van der Waals surface area contributed by atoms with Gasteiger partial charge in [-0.2, -0.15) is 0 Å². The highest BCUT2D eigenvalue weighted by atomic mass is 32.1. The number of fused-ring (bicyclic) bond motifs is 1. The second-order valence-electron chi connectivity index (χ2n) is 5.72. The van der Waals surface area contributed by atoms with Gasteiger partial charge in [-0.3, -0.25) is 4.79 Å². The van der Waals surface area contributed by atoms with Crippen LogP contribution in [-0.4, -0.2) is 16.0 Å². The predicted molar refractivity (Wildman–Crippen MR) is 98.5 cm³/mol. The number of thiazole rings is 1. The summed E-state index contributed by atoms with van der Waals surface area (Å²) in [5, 5.41) is 7.21. The number of hydrogen-bond acceptors (Lipinski definition) is 5. The number of carbonyl (C=O) groups is 1. The van der Waals surface area contributed by atoms with Crippen LogP contribution in [0, 0.1) is 5.82 Å². The van der Waals surface area contributed by atoms with E-state index in [1.54, 1.807) is 18.3 Å². The Morgan fingerprint density at radius 1 is 1.15 bits per heavy atom. The Labute approximate surface area is 152 Å². The van der Waals surface area contributed by atoms with Crippen LogP contribution in [0.2, 0.25) is 0 Å². The SMILES string of the molecule is O=C(CCc1cnoc1-c1ccc(F)cc1)Nc1nc2ccccc2s1. The van der Waals surface area contributed by atoms with E-state index in [4.69, 9.17) is 4.52 Å². The Bertz CT molecular complexity index is 1020. The third-order valence-electron chi connectivity index (χ3n) is 3.91. The first-order valence-electron chi connectivity index (χ1n) is 8.04. The quantitative estimate of drug-likeness (QED) is 0.557. The maximum Gasteiger partial charge on any atom is 0.226 e. The molecule has 1 amide bonds. The molecule has 4 rings (SSSR count). The van der Waals surface area contributed by atoms with Crippen LogP contribution in [0.15, 0.2) is 59.3 Å². The first-order chi connectivity index (χ1) is 12.7. The molecule has 0 spiro atoms. The Hall–Kier alpha value is -3.06. The summed E-state index contributed by atoms with van der Waals surface area (Å²) in [6.07, 6.45) is 2.32. The lowest BCUT2D eigenvalue weighted by Crippen LogP contribution is -2.12. The molecule has 0 unspecified atom stereocenters. The molecule has 0 aliphatic rings. The van der Waals surface area contributed by atoms with Gasteiger partial charge in [0.2, 0.25) is 5.91 Å². The number of anilines is 1. The van der Waals surface area contributed by atoms with E-state index >= 15 is 0 Å². The van der Waals surface area contributed by atoms with E-state index in [0.29, 0.717) is 17.3 Å². The lowest BCUT2D eigenvalue weighted by atomic mass is 10.1. The summed E-state index contributed by atoms with van der Waals surface area (Å²) in [5.74, 6) is 0.109. The second kappa shape index (κ2) is 7.05. The number of hydrogen-bond donors (Lipinski definition) is 1. The molecular weight excluding hydrogens is 353 g/mol. The van der Waals surface area contributed by atoms with Crippen molar-refractivity contribution >= 4 is 32.6 Å². The summed E-state index contributed by atoms with van der Waals surface area (Å²) in [6.45, 7) is 0. The topological polar surface area (TPSA) is 68.0 Å². The standard InChI is InChI=1S/C19H14FN3O2S/c20-14-8-5-12(6-9-14)18-13(11-21-25-18)7-10-17(24)23-19-22-15-3-1-2-4-16(15)26-19/h1-6,8-9,11H,7,10H2,(H,22,23,24). The highest BCUT2D eigenvalue weighted by Crippen LogP contribution is 2.27. The largest absolute Gasteiger partial charge is 0.356 e. The second-order valence-corrected chi connectivity index (χ2v) is 6.75. The van der Waals surface area contributed by atoms with Gasteiger partial charge in [0.1, 0.15) is 5.82 Å². The van der Waals surface area contributed by atoms with Crippen molar-refractivity contribution in [1.82, 2.24) is 10.1 Å². The number of para-hydroxylation sites is 1. The predicted octanol–water partition coefficient (Wildman–Crippen LogP) is 4.66. The summed E-state index contributed by atoms with van der Waals surface area (Å²) in [7, 11) is 0. The first-order valence-corrected chi connectivity index (χ1v) is 8.85. The van der Waals surface area contributed by atoms with Crippen LogP contribution < -0.4 is 5.32 Å². The summed E-state index contributed by atoms with van der Waals surface area (Å²) in [4.78, 5) is 16.6. The van der Waals surface area contributed by atoms with Crippen LogP contribution in [0.1, 0.15) is 12.0 Å². The van der Waals surface area contributed by atoms with E-state index in [1.807, 2.05) is 24.3 Å². The van der Waals surface area contributed by atoms with E-state index < -0.39 is 0 Å². The molecule has 1 N–H and O–H groups in total. The Balaban J connectivity index is 1.42. The molecule has 2 aromatic heterocycles. The summed E-state index contributed by atoms with van der Waals surface area (Å²) < 4.78 is 19.4. The minimum absolute atomic E-state index is 0.129. The summed E-state index contributed by atoms with van der Waals surface area (Å²) in [6, 6.07) is 13.7. The molecule has 0 saturated heterocycles. The van der Waals surface area contributed by atoms with Crippen LogP contribution in [0.25, 0.3) is 21.5 Å². The van der Waals surface area contributed by atoms with Crippen molar-refractivity contribution in [2.45, 2.75) is 12.8 Å². The van der Waals surface area contributed by atoms with Gasteiger partial charge in [0.15, 0.2) is 10.9 Å². The number of aryl methyl sites for hydroxylation is 1. The fourth-order valence-corrected chi connectivity index (χ4v) is 3.52. The van der Waals surface area contributed by atoms with Gasteiger partial charge in [0, 0.05) is 17.5 Å². The van der Waals surface area contributed by atoms with Crippen molar-refractivity contribution in [3.8, 4) is 11.3 Å². The molecule has 0 atom stereocenters. The van der Waals surface area contributed by atoms with E-state index in [2.05, 4.69) is 15.5 Å². The first kappa shape index (κ1) is 16.4. The van der Waals surface area contributed by atoms with E-state index in [0.717, 1.165) is 21.3 Å². The van der Waals surface area contributed by atoms with Gasteiger partial charge in [-0.05, 0) is 42.8 Å². The Morgan fingerprint density at radius 3 is 2.77 bits per heavy atom. The van der Waals surface area contributed by atoms with Crippen molar-refractivity contribution in [3.05, 3.63) is 66.1 Å². The molecule has 2 heterocycles. The number of amides is 1. The lowest BCUT2D eigenvalue weighted by molar-refractivity contribution is -0.116. The van der Waals surface area contributed by atoms with Crippen LogP contribution in [0.3, 0.4) is 0 Å². The summed E-state index contributed by atoms with van der Waals surface area (Å²) >= 11 is 1.44. The number of halogens is 1. The monoisotopic (exact) mass is 367 g/mol. The third kappa shape index (κ3) is 3.48. The molecule has 0 aliphatic heterocycles. The van der Waals surface area contributed by atoms with Crippen molar-refractivity contribution in [1.29, 1.82) is 0 Å². The third-order valence-corrected chi connectivity index (χ3v) is 4.86. The van der Waals surface area contributed by atoms with E-state index in [1.165, 1.54) is 23.5 Å². The van der Waals surface area contributed by atoms with Gasteiger partial charge in [0.05, 0.1) is 16.4 Å². The number of aromatic nitrogens is 2. The van der Waals surface area contributed by atoms with Gasteiger partial charge in [-0.25, -0.2) is 9.37 Å². The zero-order valence-corrected chi connectivity index (χ0v) is 14.4. The normalized spacial score (nSPS) is 11.0. The van der Waals surface area contributed by atoms with Gasteiger partial charge in [-0.15, -0.1) is 0 Å². The fourth-order valence-electron chi connectivity index (χ4n) is 2.63. The molecule has 7 heteroatoms.